The van der Waals surface area contributed by atoms with E-state index in [1.54, 1.807) is 6.08 Å². The van der Waals surface area contributed by atoms with E-state index >= 15 is 0 Å². The summed E-state index contributed by atoms with van der Waals surface area (Å²) in [4.78, 5) is 11.7. The topological polar surface area (TPSA) is 49.3 Å². The molecule has 0 aromatic heterocycles. The number of carbonyl (C=O) groups excluding carboxylic acids is 1. The van der Waals surface area contributed by atoms with Crippen LogP contribution in [0.2, 0.25) is 0 Å². The lowest BCUT2D eigenvalue weighted by Gasteiger charge is -2.25. The fraction of sp³-hybridized carbons (Fsp3) is 0.786. The Kier molecular flexibility index (Phi) is 5.89. The normalized spacial score (nSPS) is 13.7. The molecule has 3 heteroatoms. The summed E-state index contributed by atoms with van der Waals surface area (Å²) in [5.41, 5.74) is 0.258. The van der Waals surface area contributed by atoms with Gasteiger partial charge in [-0.05, 0) is 25.2 Å². The van der Waals surface area contributed by atoms with Crippen LogP contribution in [0.15, 0.2) is 11.6 Å². The van der Waals surface area contributed by atoms with Crippen LogP contribution in [0.1, 0.15) is 54.4 Å². The molecule has 0 unspecified atom stereocenters. The Balaban J connectivity index is 4.40. The van der Waals surface area contributed by atoms with Gasteiger partial charge in [-0.15, -0.1) is 0 Å². The number of carbonyl (C=O) groups is 1. The van der Waals surface area contributed by atoms with E-state index in [-0.39, 0.29) is 11.3 Å². The first-order valence-electron chi connectivity index (χ1n) is 6.33. The maximum atomic E-state index is 11.7. The van der Waals surface area contributed by atoms with Crippen LogP contribution in [0.5, 0.6) is 0 Å². The molecule has 1 amide bonds. The second kappa shape index (κ2) is 6.20. The lowest BCUT2D eigenvalue weighted by atomic mass is 9.87. The molecule has 0 saturated carbocycles. The Morgan fingerprint density at radius 2 is 1.71 bits per heavy atom. The van der Waals surface area contributed by atoms with Gasteiger partial charge in [-0.3, -0.25) is 4.79 Å². The predicted molar refractivity (Wildman–Crippen MR) is 71.8 cm³/mol. The summed E-state index contributed by atoms with van der Waals surface area (Å²) in [6.45, 7) is 12.3. The van der Waals surface area contributed by atoms with Crippen LogP contribution in [0.4, 0.5) is 0 Å². The lowest BCUT2D eigenvalue weighted by Crippen LogP contribution is -2.41. The molecular formula is C14H27NO2. The molecule has 2 N–H and O–H groups in total. The van der Waals surface area contributed by atoms with E-state index in [2.05, 4.69) is 26.1 Å². The van der Waals surface area contributed by atoms with Crippen molar-refractivity contribution in [2.75, 3.05) is 6.54 Å². The number of aliphatic hydroxyl groups is 1. The zero-order valence-corrected chi connectivity index (χ0v) is 12.1. The van der Waals surface area contributed by atoms with E-state index in [1.807, 2.05) is 20.8 Å². The molecule has 0 aromatic rings. The molecule has 0 aliphatic heterocycles. The molecule has 0 saturated heterocycles. The number of allylic oxidation sites excluding steroid dienone is 1. The molecule has 0 aromatic carbocycles. The van der Waals surface area contributed by atoms with Gasteiger partial charge in [-0.2, -0.15) is 0 Å². The number of hydrogen-bond donors (Lipinski definition) is 2. The Bertz CT molecular complexity index is 283. The first kappa shape index (κ1) is 16.2. The zero-order valence-electron chi connectivity index (χ0n) is 12.1. The number of nitrogens with one attached hydrogen (secondary N) is 1. The number of amides is 1. The van der Waals surface area contributed by atoms with Gasteiger partial charge >= 0.3 is 0 Å². The summed E-state index contributed by atoms with van der Waals surface area (Å²) < 4.78 is 0. The highest BCUT2D eigenvalue weighted by Crippen LogP contribution is 2.23. The Labute approximate surface area is 105 Å². The van der Waals surface area contributed by atoms with Crippen molar-refractivity contribution in [1.29, 1.82) is 0 Å². The highest BCUT2D eigenvalue weighted by atomic mass is 16.3. The van der Waals surface area contributed by atoms with E-state index in [0.29, 0.717) is 19.4 Å². The lowest BCUT2D eigenvalue weighted by molar-refractivity contribution is -0.117. The third kappa shape index (κ3) is 5.87. The van der Waals surface area contributed by atoms with Gasteiger partial charge in [0.15, 0.2) is 0 Å². The summed E-state index contributed by atoms with van der Waals surface area (Å²) in [6, 6.07) is 0. The van der Waals surface area contributed by atoms with Crippen LogP contribution >= 0.6 is 0 Å². The second-order valence-electron chi connectivity index (χ2n) is 5.73. The average Bonchev–Trinajstić information content (AvgIpc) is 2.24. The highest BCUT2D eigenvalue weighted by Gasteiger charge is 2.22. The van der Waals surface area contributed by atoms with Gasteiger partial charge in [0.25, 0.3) is 0 Å². The predicted octanol–water partition coefficient (Wildman–Crippen LogP) is 2.65. The van der Waals surface area contributed by atoms with E-state index < -0.39 is 5.60 Å². The molecule has 0 rings (SSSR count). The molecule has 0 radical (unpaired) electrons. The Hall–Kier alpha value is -0.830. The molecule has 0 atom stereocenters. The van der Waals surface area contributed by atoms with Crippen LogP contribution in [0.3, 0.4) is 0 Å². The van der Waals surface area contributed by atoms with Gasteiger partial charge in [-0.1, -0.05) is 40.2 Å². The fourth-order valence-electron chi connectivity index (χ4n) is 1.22. The van der Waals surface area contributed by atoms with Gasteiger partial charge in [0.05, 0.1) is 5.60 Å². The molecule has 0 heterocycles. The molecule has 0 bridgehead atoms. The summed E-state index contributed by atoms with van der Waals surface area (Å²) in [5.74, 6) is -0.127. The monoisotopic (exact) mass is 241 g/mol. The summed E-state index contributed by atoms with van der Waals surface area (Å²) in [7, 11) is 0. The minimum absolute atomic E-state index is 0.00313. The van der Waals surface area contributed by atoms with E-state index in [4.69, 9.17) is 0 Å². The maximum absolute atomic E-state index is 11.7. The van der Waals surface area contributed by atoms with E-state index in [0.717, 1.165) is 5.57 Å². The molecule has 3 nitrogen and oxygen atoms in total. The van der Waals surface area contributed by atoms with Crippen molar-refractivity contribution in [3.05, 3.63) is 11.6 Å². The molecular weight excluding hydrogens is 214 g/mol. The van der Waals surface area contributed by atoms with Crippen LogP contribution in [0, 0.1) is 5.41 Å². The van der Waals surface area contributed by atoms with Crippen molar-refractivity contribution in [1.82, 2.24) is 5.32 Å². The minimum atomic E-state index is -0.779. The third-order valence-electron chi connectivity index (χ3n) is 3.44. The van der Waals surface area contributed by atoms with Crippen molar-refractivity contribution in [2.24, 2.45) is 5.41 Å². The van der Waals surface area contributed by atoms with Crippen LogP contribution in [-0.4, -0.2) is 23.2 Å². The Morgan fingerprint density at radius 1 is 1.24 bits per heavy atom. The average molecular weight is 241 g/mol. The summed E-state index contributed by atoms with van der Waals surface area (Å²) in [5, 5.41) is 12.8. The van der Waals surface area contributed by atoms with Crippen molar-refractivity contribution in [3.8, 4) is 0 Å². The molecule has 0 aliphatic carbocycles. The molecule has 0 spiro atoms. The third-order valence-corrected chi connectivity index (χ3v) is 3.44. The minimum Gasteiger partial charge on any atom is -0.388 e. The van der Waals surface area contributed by atoms with Crippen LogP contribution < -0.4 is 5.32 Å². The van der Waals surface area contributed by atoms with Gasteiger partial charge in [0, 0.05) is 12.6 Å². The standard InChI is InChI=1S/C14H27NO2/c1-7-14(17,8-2)10-15-12(16)9-11(3)13(4,5)6/h9,17H,7-8,10H2,1-6H3,(H,15,16)/b11-9-. The maximum Gasteiger partial charge on any atom is 0.244 e. The quantitative estimate of drug-likeness (QED) is 0.727. The van der Waals surface area contributed by atoms with Crippen LogP contribution in [0.25, 0.3) is 0 Å². The van der Waals surface area contributed by atoms with Gasteiger partial charge in [0.2, 0.25) is 5.91 Å². The largest absolute Gasteiger partial charge is 0.388 e. The van der Waals surface area contributed by atoms with E-state index in [1.165, 1.54) is 0 Å². The molecule has 0 aliphatic rings. The van der Waals surface area contributed by atoms with Crippen molar-refractivity contribution >= 4 is 5.91 Å². The van der Waals surface area contributed by atoms with E-state index in [9.17, 15) is 9.90 Å². The van der Waals surface area contributed by atoms with Crippen molar-refractivity contribution < 1.29 is 9.90 Å². The fourth-order valence-corrected chi connectivity index (χ4v) is 1.22. The van der Waals surface area contributed by atoms with Gasteiger partial charge in [-0.25, -0.2) is 0 Å². The van der Waals surface area contributed by atoms with Crippen molar-refractivity contribution in [3.63, 3.8) is 0 Å². The number of rotatable bonds is 5. The SMILES string of the molecule is CCC(O)(CC)CNC(=O)/C=C(/C)C(C)(C)C. The first-order chi connectivity index (χ1) is 7.64. The van der Waals surface area contributed by atoms with Gasteiger partial charge < -0.3 is 10.4 Å². The van der Waals surface area contributed by atoms with Gasteiger partial charge in [0.1, 0.15) is 0 Å². The van der Waals surface area contributed by atoms with Crippen molar-refractivity contribution in [2.45, 2.75) is 60.0 Å². The Morgan fingerprint density at radius 3 is 2.06 bits per heavy atom. The summed E-state index contributed by atoms with van der Waals surface area (Å²) >= 11 is 0. The van der Waals surface area contributed by atoms with Crippen LogP contribution in [-0.2, 0) is 4.79 Å². The first-order valence-corrected chi connectivity index (χ1v) is 6.33. The smallest absolute Gasteiger partial charge is 0.244 e. The molecule has 100 valence electrons. The molecule has 0 fully saturated rings. The highest BCUT2D eigenvalue weighted by molar-refractivity contribution is 5.88. The zero-order chi connectivity index (χ0) is 13.7. The number of hydrogen-bond acceptors (Lipinski definition) is 2. The summed E-state index contributed by atoms with van der Waals surface area (Å²) in [6.07, 6.45) is 2.91. The second-order valence-corrected chi connectivity index (χ2v) is 5.73. The molecule has 17 heavy (non-hydrogen) atoms.